The first-order valence-electron chi connectivity index (χ1n) is 21.9. The fourth-order valence-electron chi connectivity index (χ4n) is 11.2. The lowest BCUT2D eigenvalue weighted by atomic mass is 9.77. The van der Waals surface area contributed by atoms with Crippen LogP contribution in [0.25, 0.3) is 87.6 Å². The molecule has 0 atom stereocenters. The number of rotatable bonds is 2. The van der Waals surface area contributed by atoms with E-state index in [4.69, 9.17) is 0 Å². The predicted molar refractivity (Wildman–Crippen MR) is 260 cm³/mol. The van der Waals surface area contributed by atoms with Gasteiger partial charge in [0.25, 0.3) is 0 Å². The number of benzene rings is 9. The minimum absolute atomic E-state index is 0.0861. The SMILES string of the molecule is CC(C)(C)c1ccc2c(c1)C(C)(C)c1cc(-c3c4ccccc4c(-c4ccc5c(c4)C(C)(C)c4cc(C(C)(C)C)ccc4-5)c4c5ccccc5c5ccccc5c34)ccc1-2. The predicted octanol–water partition coefficient (Wildman–Crippen LogP) is 16.8. The molecule has 0 N–H and O–H groups in total. The average Bonchev–Trinajstić information content (AvgIpc) is 3.60. The summed E-state index contributed by atoms with van der Waals surface area (Å²) in [5.74, 6) is 0. The minimum Gasteiger partial charge on any atom is -0.0616 e. The molecule has 0 unspecified atom stereocenters. The molecular weight excluding hydrogens is 721 g/mol. The van der Waals surface area contributed by atoms with Gasteiger partial charge in [0, 0.05) is 10.8 Å². The Kier molecular flexibility index (Phi) is 7.59. The van der Waals surface area contributed by atoms with Crippen molar-refractivity contribution in [2.45, 2.75) is 90.9 Å². The molecule has 0 nitrogen and oxygen atoms in total. The van der Waals surface area contributed by atoms with Gasteiger partial charge in [-0.2, -0.15) is 0 Å². The fourth-order valence-corrected chi connectivity index (χ4v) is 11.2. The lowest BCUT2D eigenvalue weighted by Crippen LogP contribution is -2.17. The van der Waals surface area contributed by atoms with Gasteiger partial charge in [0.05, 0.1) is 0 Å². The maximum atomic E-state index is 2.54. The molecule has 0 saturated carbocycles. The Morgan fingerprint density at radius 1 is 0.317 bits per heavy atom. The molecule has 2 aliphatic rings. The van der Waals surface area contributed by atoms with E-state index in [9.17, 15) is 0 Å². The molecule has 0 heterocycles. The Balaban J connectivity index is 1.23. The summed E-state index contributed by atoms with van der Waals surface area (Å²) in [6.07, 6.45) is 0. The molecule has 0 aromatic heterocycles. The highest BCUT2D eigenvalue weighted by molar-refractivity contribution is 6.36. The third kappa shape index (κ3) is 5.10. The van der Waals surface area contributed by atoms with Crippen LogP contribution in [0.5, 0.6) is 0 Å². The van der Waals surface area contributed by atoms with Crippen molar-refractivity contribution < 1.29 is 0 Å². The number of hydrogen-bond acceptors (Lipinski definition) is 0. The zero-order valence-corrected chi connectivity index (χ0v) is 36.9. The third-order valence-corrected chi connectivity index (χ3v) is 14.6. The van der Waals surface area contributed by atoms with Gasteiger partial charge < -0.3 is 0 Å². The van der Waals surface area contributed by atoms with Gasteiger partial charge in [-0.3, -0.25) is 0 Å². The van der Waals surface area contributed by atoms with Gasteiger partial charge in [0.1, 0.15) is 0 Å². The highest BCUT2D eigenvalue weighted by Gasteiger charge is 2.39. The van der Waals surface area contributed by atoms with E-state index < -0.39 is 0 Å². The summed E-state index contributed by atoms with van der Waals surface area (Å²) in [6, 6.07) is 56.6. The maximum absolute atomic E-state index is 2.54. The Labute approximate surface area is 355 Å². The smallest absolute Gasteiger partial charge is 0.0159 e. The molecule has 0 spiro atoms. The topological polar surface area (TPSA) is 0 Å². The Hall–Kier alpha value is -5.98. The van der Waals surface area contributed by atoms with Gasteiger partial charge in [-0.15, -0.1) is 0 Å². The maximum Gasteiger partial charge on any atom is 0.0159 e. The van der Waals surface area contributed by atoms with Crippen molar-refractivity contribution in [3.05, 3.63) is 179 Å². The van der Waals surface area contributed by atoms with E-state index in [0.29, 0.717) is 0 Å². The fraction of sp³-hybridized carbons (Fsp3) is 0.233. The lowest BCUT2D eigenvalue weighted by molar-refractivity contribution is 0.584. The van der Waals surface area contributed by atoms with E-state index in [0.717, 1.165) is 0 Å². The summed E-state index contributed by atoms with van der Waals surface area (Å²) in [4.78, 5) is 0. The van der Waals surface area contributed by atoms with Crippen LogP contribution in [0, 0.1) is 0 Å². The largest absolute Gasteiger partial charge is 0.0616 e. The van der Waals surface area contributed by atoms with Crippen LogP contribution < -0.4 is 0 Å². The van der Waals surface area contributed by atoms with Crippen LogP contribution in [0.15, 0.2) is 146 Å². The van der Waals surface area contributed by atoms with E-state index in [-0.39, 0.29) is 21.7 Å². The molecule has 2 aliphatic carbocycles. The monoisotopic (exact) mass is 774 g/mol. The molecule has 0 fully saturated rings. The Morgan fingerprint density at radius 3 is 0.967 bits per heavy atom. The number of fused-ring (bicyclic) bond motifs is 13. The van der Waals surface area contributed by atoms with Crippen molar-refractivity contribution in [1.29, 1.82) is 0 Å². The first-order valence-corrected chi connectivity index (χ1v) is 21.9. The van der Waals surface area contributed by atoms with Crippen molar-refractivity contribution in [3.63, 3.8) is 0 Å². The average molecular weight is 775 g/mol. The van der Waals surface area contributed by atoms with Crippen LogP contribution in [0.4, 0.5) is 0 Å². The van der Waals surface area contributed by atoms with Crippen molar-refractivity contribution in [3.8, 4) is 44.5 Å². The van der Waals surface area contributed by atoms with E-state index in [2.05, 4.69) is 215 Å². The summed E-state index contributed by atoms with van der Waals surface area (Å²) in [6.45, 7) is 23.6. The first kappa shape index (κ1) is 37.1. The van der Waals surface area contributed by atoms with Gasteiger partial charge in [-0.05, 0) is 144 Å². The van der Waals surface area contributed by atoms with Gasteiger partial charge >= 0.3 is 0 Å². The molecule has 9 aromatic rings. The van der Waals surface area contributed by atoms with Gasteiger partial charge in [-0.25, -0.2) is 0 Å². The summed E-state index contributed by atoms with van der Waals surface area (Å²) in [5.41, 5.74) is 19.0. The van der Waals surface area contributed by atoms with E-state index in [1.165, 1.54) is 121 Å². The van der Waals surface area contributed by atoms with Crippen LogP contribution in [0.3, 0.4) is 0 Å². The van der Waals surface area contributed by atoms with Gasteiger partial charge in [0.2, 0.25) is 0 Å². The molecule has 11 rings (SSSR count). The van der Waals surface area contributed by atoms with Crippen LogP contribution in [-0.2, 0) is 21.7 Å². The van der Waals surface area contributed by atoms with Gasteiger partial charge in [-0.1, -0.05) is 203 Å². The zero-order valence-electron chi connectivity index (χ0n) is 36.9. The summed E-state index contributed by atoms with van der Waals surface area (Å²) in [7, 11) is 0. The number of hydrogen-bond donors (Lipinski definition) is 0. The highest BCUT2D eigenvalue weighted by atomic mass is 14.4. The molecule has 294 valence electrons. The second kappa shape index (κ2) is 12.3. The molecule has 0 saturated heterocycles. The summed E-state index contributed by atoms with van der Waals surface area (Å²) >= 11 is 0. The van der Waals surface area contributed by atoms with E-state index in [1.807, 2.05) is 0 Å². The van der Waals surface area contributed by atoms with E-state index >= 15 is 0 Å². The molecule has 60 heavy (non-hydrogen) atoms. The molecule has 0 bridgehead atoms. The van der Waals surface area contributed by atoms with Crippen LogP contribution >= 0.6 is 0 Å². The van der Waals surface area contributed by atoms with E-state index in [1.54, 1.807) is 0 Å². The highest BCUT2D eigenvalue weighted by Crippen LogP contribution is 2.56. The first-order chi connectivity index (χ1) is 28.5. The molecular formula is C60H54. The third-order valence-electron chi connectivity index (χ3n) is 14.6. The van der Waals surface area contributed by atoms with Crippen molar-refractivity contribution in [1.82, 2.24) is 0 Å². The normalized spacial score (nSPS) is 15.1. The second-order valence-electron chi connectivity index (χ2n) is 20.9. The lowest BCUT2D eigenvalue weighted by Gasteiger charge is -2.26. The molecule has 0 aliphatic heterocycles. The van der Waals surface area contributed by atoms with Crippen molar-refractivity contribution in [2.24, 2.45) is 0 Å². The Bertz CT molecular complexity index is 3090. The minimum atomic E-state index is -0.134. The van der Waals surface area contributed by atoms with Crippen LogP contribution in [-0.4, -0.2) is 0 Å². The van der Waals surface area contributed by atoms with Crippen molar-refractivity contribution in [2.75, 3.05) is 0 Å². The molecule has 0 radical (unpaired) electrons. The quantitative estimate of drug-likeness (QED) is 0.121. The van der Waals surface area contributed by atoms with Crippen LogP contribution in [0.1, 0.15) is 103 Å². The molecule has 9 aromatic carbocycles. The molecule has 0 amide bonds. The standard InChI is InChI=1S/C60H54/c1-57(2,3)37-25-29-43-41-27-23-35(31-49(41)59(7,8)51(43)33-37)53-47-21-15-16-22-48(47)54(56-46-20-14-12-18-40(46)39-17-11-13-19-45(39)55(53)56)36-24-28-42-44-30-26-38(58(4,5)6)34-52(44)60(9,10)50(42)32-36/h11-34H,1-10H3. The zero-order chi connectivity index (χ0) is 41.7. The second-order valence-corrected chi connectivity index (χ2v) is 20.9. The summed E-state index contributed by atoms with van der Waals surface area (Å²) < 4.78 is 0. The van der Waals surface area contributed by atoms with Crippen LogP contribution in [0.2, 0.25) is 0 Å². The van der Waals surface area contributed by atoms with Crippen molar-refractivity contribution >= 4 is 43.1 Å². The summed E-state index contributed by atoms with van der Waals surface area (Å²) in [5, 5.41) is 10.4. The molecule has 0 heteroatoms. The van der Waals surface area contributed by atoms with Gasteiger partial charge in [0.15, 0.2) is 0 Å². The Morgan fingerprint density at radius 2 is 0.617 bits per heavy atom.